The number of nitrogens with two attached hydrogens (primary N) is 1. The van der Waals surface area contributed by atoms with Gasteiger partial charge in [-0.2, -0.15) is 10.4 Å². The molecule has 0 spiro atoms. The van der Waals surface area contributed by atoms with Crippen LogP contribution in [0.2, 0.25) is 0 Å². The second-order valence-electron chi connectivity index (χ2n) is 2.41. The van der Waals surface area contributed by atoms with Gasteiger partial charge in [0, 0.05) is 6.20 Å². The molecule has 1 amide bonds. The zero-order valence-electron chi connectivity index (χ0n) is 6.64. The molecule has 0 saturated heterocycles. The molecular weight excluding hydrogens is 192 g/mol. The fraction of sp³-hybridized carbons (Fsp3) is 0.286. The largest absolute Gasteiger partial charge is 0.366 e. The van der Waals surface area contributed by atoms with Crippen LogP contribution in [0, 0.1) is 11.3 Å². The molecule has 0 aliphatic carbocycles. The summed E-state index contributed by atoms with van der Waals surface area (Å²) < 4.78 is 1.40. The van der Waals surface area contributed by atoms with E-state index in [4.69, 9.17) is 22.6 Å². The number of nitrogens with zero attached hydrogens (tertiary/aromatic N) is 3. The van der Waals surface area contributed by atoms with E-state index in [2.05, 4.69) is 5.10 Å². The Morgan fingerprint density at radius 1 is 1.92 bits per heavy atom. The topological polar surface area (TPSA) is 84.7 Å². The summed E-state index contributed by atoms with van der Waals surface area (Å²) in [6, 6.07) is 1.84. The first-order valence-corrected chi connectivity index (χ1v) is 3.93. The molecule has 1 unspecified atom stereocenters. The molecule has 0 fully saturated rings. The van der Waals surface area contributed by atoms with Crippen LogP contribution in [0.4, 0.5) is 0 Å². The van der Waals surface area contributed by atoms with Gasteiger partial charge in [-0.1, -0.05) is 0 Å². The molecule has 1 aromatic heterocycles. The number of carbonyl (C=O) groups is 1. The molecule has 1 atom stereocenters. The number of halogens is 1. The average molecular weight is 199 g/mol. The summed E-state index contributed by atoms with van der Waals surface area (Å²) in [7, 11) is 0. The van der Waals surface area contributed by atoms with Gasteiger partial charge in [-0.3, -0.25) is 9.48 Å². The van der Waals surface area contributed by atoms with Gasteiger partial charge in [-0.15, -0.1) is 11.6 Å². The van der Waals surface area contributed by atoms with Crippen LogP contribution in [0.25, 0.3) is 0 Å². The second-order valence-corrected chi connectivity index (χ2v) is 2.94. The van der Waals surface area contributed by atoms with Gasteiger partial charge in [0.25, 0.3) is 5.91 Å². The number of carbonyl (C=O) groups excluding carboxylic acids is 1. The molecule has 5 nitrogen and oxygen atoms in total. The third-order valence-electron chi connectivity index (χ3n) is 1.41. The Labute approximate surface area is 79.7 Å². The van der Waals surface area contributed by atoms with E-state index in [0.29, 0.717) is 5.56 Å². The Balaban J connectivity index is 2.70. The molecule has 0 aliphatic heterocycles. The van der Waals surface area contributed by atoms with Crippen molar-refractivity contribution in [3.8, 4) is 6.07 Å². The third-order valence-corrected chi connectivity index (χ3v) is 1.64. The van der Waals surface area contributed by atoms with Gasteiger partial charge < -0.3 is 5.73 Å². The predicted molar refractivity (Wildman–Crippen MR) is 46.0 cm³/mol. The summed E-state index contributed by atoms with van der Waals surface area (Å²) in [5.41, 5.74) is 5.31. The Kier molecular flexibility index (Phi) is 2.88. The van der Waals surface area contributed by atoms with Crippen LogP contribution in [0.1, 0.15) is 10.4 Å². The Hall–Kier alpha value is -1.54. The van der Waals surface area contributed by atoms with Crippen molar-refractivity contribution in [2.75, 3.05) is 0 Å². The molecule has 0 aromatic carbocycles. The van der Waals surface area contributed by atoms with E-state index in [1.165, 1.54) is 17.1 Å². The molecule has 2 N–H and O–H groups in total. The van der Waals surface area contributed by atoms with Crippen molar-refractivity contribution in [1.29, 1.82) is 5.26 Å². The van der Waals surface area contributed by atoms with Crippen molar-refractivity contribution in [1.82, 2.24) is 9.78 Å². The third kappa shape index (κ3) is 2.46. The van der Waals surface area contributed by atoms with Crippen molar-refractivity contribution in [2.24, 2.45) is 5.73 Å². The first-order valence-electron chi connectivity index (χ1n) is 3.49. The van der Waals surface area contributed by atoms with Crippen molar-refractivity contribution in [2.45, 2.75) is 11.9 Å². The van der Waals surface area contributed by atoms with Crippen molar-refractivity contribution in [3.63, 3.8) is 0 Å². The highest BCUT2D eigenvalue weighted by Crippen LogP contribution is 2.01. The minimum Gasteiger partial charge on any atom is -0.366 e. The fourth-order valence-corrected chi connectivity index (χ4v) is 0.937. The minimum absolute atomic E-state index is 0.241. The van der Waals surface area contributed by atoms with Crippen LogP contribution >= 0.6 is 11.6 Å². The number of primary amides is 1. The van der Waals surface area contributed by atoms with Gasteiger partial charge in [0.15, 0.2) is 0 Å². The summed E-state index contributed by atoms with van der Waals surface area (Å²) in [6.07, 6.45) is 2.79. The molecule has 13 heavy (non-hydrogen) atoms. The van der Waals surface area contributed by atoms with Gasteiger partial charge in [0.1, 0.15) is 5.38 Å². The molecule has 0 saturated carbocycles. The number of nitriles is 1. The monoisotopic (exact) mass is 198 g/mol. The zero-order chi connectivity index (χ0) is 9.84. The van der Waals surface area contributed by atoms with E-state index < -0.39 is 11.3 Å². The highest BCUT2D eigenvalue weighted by molar-refractivity contribution is 6.22. The highest BCUT2D eigenvalue weighted by atomic mass is 35.5. The summed E-state index contributed by atoms with van der Waals surface area (Å²) >= 11 is 5.55. The molecule has 0 aliphatic rings. The van der Waals surface area contributed by atoms with Gasteiger partial charge >= 0.3 is 0 Å². The number of hydrogen-bond acceptors (Lipinski definition) is 3. The minimum atomic E-state index is -0.652. The summed E-state index contributed by atoms with van der Waals surface area (Å²) in [4.78, 5) is 10.6. The Morgan fingerprint density at radius 2 is 2.62 bits per heavy atom. The highest BCUT2D eigenvalue weighted by Gasteiger charge is 2.07. The van der Waals surface area contributed by atoms with E-state index in [1.807, 2.05) is 6.07 Å². The number of alkyl halides is 1. The summed E-state index contributed by atoms with van der Waals surface area (Å²) in [5, 5.41) is 11.6. The lowest BCUT2D eigenvalue weighted by molar-refractivity contribution is 0.1000. The van der Waals surface area contributed by atoms with Crippen LogP contribution in [-0.2, 0) is 6.54 Å². The van der Waals surface area contributed by atoms with Crippen molar-refractivity contribution < 1.29 is 4.79 Å². The standard InChI is InChI=1S/C7H7ClN4O/c8-6(1-9)4-12-3-5(2-11-12)7(10)13/h2-3,6H,4H2,(H2,10,13). The van der Waals surface area contributed by atoms with E-state index in [-0.39, 0.29) is 6.54 Å². The normalized spacial score (nSPS) is 12.0. The maximum Gasteiger partial charge on any atom is 0.251 e. The zero-order valence-corrected chi connectivity index (χ0v) is 7.40. The smallest absolute Gasteiger partial charge is 0.251 e. The number of amides is 1. The van der Waals surface area contributed by atoms with Crippen LogP contribution < -0.4 is 5.73 Å². The molecule has 0 radical (unpaired) electrons. The van der Waals surface area contributed by atoms with E-state index in [0.717, 1.165) is 0 Å². The quantitative estimate of drug-likeness (QED) is 0.700. The lowest BCUT2D eigenvalue weighted by Gasteiger charge is -1.98. The van der Waals surface area contributed by atoms with E-state index >= 15 is 0 Å². The first-order chi connectivity index (χ1) is 6.13. The number of rotatable bonds is 3. The SMILES string of the molecule is N#CC(Cl)Cn1cc(C(N)=O)cn1. The van der Waals surface area contributed by atoms with Gasteiger partial charge in [-0.05, 0) is 0 Å². The average Bonchev–Trinajstić information content (AvgIpc) is 2.52. The fourth-order valence-electron chi connectivity index (χ4n) is 0.796. The van der Waals surface area contributed by atoms with Crippen molar-refractivity contribution >= 4 is 17.5 Å². The lowest BCUT2D eigenvalue weighted by atomic mass is 10.3. The van der Waals surface area contributed by atoms with Gasteiger partial charge in [0.05, 0.1) is 24.4 Å². The van der Waals surface area contributed by atoms with E-state index in [9.17, 15) is 4.79 Å². The van der Waals surface area contributed by atoms with Crippen LogP contribution in [0.3, 0.4) is 0 Å². The maximum atomic E-state index is 10.6. The molecule has 6 heteroatoms. The van der Waals surface area contributed by atoms with Crippen LogP contribution in [-0.4, -0.2) is 21.1 Å². The summed E-state index contributed by atoms with van der Waals surface area (Å²) in [5.74, 6) is -0.547. The van der Waals surface area contributed by atoms with Gasteiger partial charge in [0.2, 0.25) is 0 Å². The van der Waals surface area contributed by atoms with Crippen molar-refractivity contribution in [3.05, 3.63) is 18.0 Å². The Morgan fingerprint density at radius 3 is 3.08 bits per heavy atom. The maximum absolute atomic E-state index is 10.6. The molecule has 68 valence electrons. The molecule has 1 heterocycles. The van der Waals surface area contributed by atoms with Crippen LogP contribution in [0.5, 0.6) is 0 Å². The Bertz CT molecular complexity index is 354. The van der Waals surface area contributed by atoms with E-state index in [1.54, 1.807) is 0 Å². The second kappa shape index (κ2) is 3.92. The summed E-state index contributed by atoms with van der Waals surface area (Å²) in [6.45, 7) is 0.241. The molecule has 0 bridgehead atoms. The van der Waals surface area contributed by atoms with Crippen LogP contribution in [0.15, 0.2) is 12.4 Å². The molecular formula is C7H7ClN4O. The number of hydrogen-bond donors (Lipinski definition) is 1. The molecule has 1 aromatic rings. The predicted octanol–water partition coefficient (Wildman–Crippen LogP) is 0.113. The first kappa shape index (κ1) is 9.55. The van der Waals surface area contributed by atoms with Gasteiger partial charge in [-0.25, -0.2) is 0 Å². The molecule has 1 rings (SSSR count). The lowest BCUT2D eigenvalue weighted by Crippen LogP contribution is -2.11. The number of aromatic nitrogens is 2.